The van der Waals surface area contributed by atoms with Crippen LogP contribution in [0.3, 0.4) is 0 Å². The van der Waals surface area contributed by atoms with Gasteiger partial charge in [0.2, 0.25) is 0 Å². The lowest BCUT2D eigenvalue weighted by molar-refractivity contribution is -0.142. The summed E-state index contributed by atoms with van der Waals surface area (Å²) in [6, 6.07) is 0. The van der Waals surface area contributed by atoms with E-state index in [-0.39, 0.29) is 47.8 Å². The fourth-order valence-electron chi connectivity index (χ4n) is 3.98. The molecular formula is C14H22O4. The monoisotopic (exact) mass is 254 g/mol. The number of hydrogen-bond acceptors (Lipinski definition) is 4. The molecule has 2 aliphatic carbocycles. The van der Waals surface area contributed by atoms with E-state index in [1.807, 2.05) is 13.8 Å². The molecule has 0 aromatic carbocycles. The van der Waals surface area contributed by atoms with Crippen LogP contribution in [-0.2, 0) is 9.53 Å². The molecule has 2 bridgehead atoms. The normalized spacial score (nSPS) is 45.5. The average Bonchev–Trinajstić information content (AvgIpc) is 2.86. The zero-order chi connectivity index (χ0) is 13.6. The van der Waals surface area contributed by atoms with Crippen LogP contribution in [0.25, 0.3) is 0 Å². The Labute approximate surface area is 108 Å². The van der Waals surface area contributed by atoms with E-state index < -0.39 is 0 Å². The summed E-state index contributed by atoms with van der Waals surface area (Å²) in [6.07, 6.45) is 4.53. The number of allylic oxidation sites excluding steroid dienone is 2. The van der Waals surface area contributed by atoms with Crippen molar-refractivity contribution in [1.82, 2.24) is 0 Å². The number of aliphatic hydroxyl groups is 2. The predicted molar refractivity (Wildman–Crippen MR) is 66.6 cm³/mol. The Kier molecular flexibility index (Phi) is 3.28. The van der Waals surface area contributed by atoms with Crippen LogP contribution in [0.4, 0.5) is 0 Å². The lowest BCUT2D eigenvalue weighted by Crippen LogP contribution is -2.46. The molecule has 2 aliphatic rings. The highest BCUT2D eigenvalue weighted by atomic mass is 16.5. The molecule has 4 heteroatoms. The smallest absolute Gasteiger partial charge is 0.305 e. The Morgan fingerprint density at radius 3 is 1.94 bits per heavy atom. The van der Waals surface area contributed by atoms with Crippen LogP contribution >= 0.6 is 0 Å². The van der Waals surface area contributed by atoms with Crippen molar-refractivity contribution in [3.63, 3.8) is 0 Å². The molecule has 2 rings (SSSR count). The number of aliphatic hydroxyl groups excluding tert-OH is 2. The second-order valence-corrected chi connectivity index (χ2v) is 6.03. The molecule has 4 nitrogen and oxygen atoms in total. The molecule has 1 fully saturated rings. The summed E-state index contributed by atoms with van der Waals surface area (Å²) < 4.78 is 4.75. The molecule has 1 saturated carbocycles. The van der Waals surface area contributed by atoms with Crippen LogP contribution in [-0.4, -0.2) is 36.5 Å². The van der Waals surface area contributed by atoms with Crippen molar-refractivity contribution in [1.29, 1.82) is 0 Å². The number of methoxy groups -OCH3 is 1. The quantitative estimate of drug-likeness (QED) is 0.579. The molecule has 2 N–H and O–H groups in total. The van der Waals surface area contributed by atoms with Crippen LogP contribution in [0.5, 0.6) is 0 Å². The van der Waals surface area contributed by atoms with Gasteiger partial charge in [0.25, 0.3) is 0 Å². The number of fused-ring (bicyclic) bond motifs is 2. The molecule has 0 heterocycles. The summed E-state index contributed by atoms with van der Waals surface area (Å²) >= 11 is 0. The third kappa shape index (κ3) is 1.48. The van der Waals surface area contributed by atoms with Gasteiger partial charge in [-0.2, -0.15) is 0 Å². The first kappa shape index (κ1) is 13.6. The van der Waals surface area contributed by atoms with Crippen LogP contribution in [0.15, 0.2) is 12.2 Å². The van der Waals surface area contributed by atoms with Crippen molar-refractivity contribution in [2.45, 2.75) is 20.3 Å². The second-order valence-electron chi connectivity index (χ2n) is 6.03. The van der Waals surface area contributed by atoms with E-state index in [9.17, 15) is 15.0 Å². The third-order valence-corrected chi connectivity index (χ3v) is 5.51. The average molecular weight is 254 g/mol. The molecule has 4 atom stereocenters. The number of rotatable bonds is 4. The maximum atomic E-state index is 11.5. The number of carbonyl (C=O) groups is 1. The molecule has 102 valence electrons. The SMILES string of the molecule is COC(=O)CC1C2C=CC1C(C)(CO)C2(C)CO. The molecule has 0 amide bonds. The standard InChI is InChI=1S/C14H22O4/c1-13(7-15)10-4-5-11(14(13,2)8-16)9(10)6-12(17)18-3/h4-5,9-11,15-16H,6-8H2,1-3H3. The molecule has 0 aliphatic heterocycles. The van der Waals surface area contributed by atoms with Gasteiger partial charge in [-0.05, 0) is 17.8 Å². The van der Waals surface area contributed by atoms with Gasteiger partial charge in [0.15, 0.2) is 0 Å². The molecule has 0 spiro atoms. The first-order valence-electron chi connectivity index (χ1n) is 6.41. The summed E-state index contributed by atoms with van der Waals surface area (Å²) in [7, 11) is 1.39. The maximum Gasteiger partial charge on any atom is 0.305 e. The largest absolute Gasteiger partial charge is 0.469 e. The van der Waals surface area contributed by atoms with Crippen molar-refractivity contribution in [3.8, 4) is 0 Å². The highest BCUT2D eigenvalue weighted by Crippen LogP contribution is 2.66. The van der Waals surface area contributed by atoms with Gasteiger partial charge in [-0.15, -0.1) is 0 Å². The first-order valence-corrected chi connectivity index (χ1v) is 6.41. The van der Waals surface area contributed by atoms with Gasteiger partial charge < -0.3 is 14.9 Å². The fourth-order valence-corrected chi connectivity index (χ4v) is 3.98. The minimum atomic E-state index is -0.375. The van der Waals surface area contributed by atoms with Gasteiger partial charge in [0, 0.05) is 30.5 Å². The molecule has 0 saturated heterocycles. The Morgan fingerprint density at radius 1 is 1.17 bits per heavy atom. The summed E-state index contributed by atoms with van der Waals surface area (Å²) in [4.78, 5) is 11.5. The fraction of sp³-hybridized carbons (Fsp3) is 0.786. The van der Waals surface area contributed by atoms with E-state index in [1.165, 1.54) is 7.11 Å². The van der Waals surface area contributed by atoms with Gasteiger partial charge in [-0.3, -0.25) is 4.79 Å². The third-order valence-electron chi connectivity index (χ3n) is 5.51. The van der Waals surface area contributed by atoms with E-state index in [2.05, 4.69) is 12.2 Å². The zero-order valence-electron chi connectivity index (χ0n) is 11.2. The Morgan fingerprint density at radius 2 is 1.61 bits per heavy atom. The van der Waals surface area contributed by atoms with Crippen LogP contribution in [0.2, 0.25) is 0 Å². The number of carbonyl (C=O) groups excluding carboxylic acids is 1. The van der Waals surface area contributed by atoms with E-state index in [0.717, 1.165) is 0 Å². The molecule has 0 aromatic heterocycles. The summed E-state index contributed by atoms with van der Waals surface area (Å²) in [5, 5.41) is 19.5. The first-order chi connectivity index (χ1) is 8.44. The zero-order valence-corrected chi connectivity index (χ0v) is 11.2. The summed E-state index contributed by atoms with van der Waals surface area (Å²) in [6.45, 7) is 4.05. The number of ether oxygens (including phenoxy) is 1. The van der Waals surface area contributed by atoms with Crippen LogP contribution in [0.1, 0.15) is 20.3 Å². The van der Waals surface area contributed by atoms with Gasteiger partial charge in [0.1, 0.15) is 0 Å². The lowest BCUT2D eigenvalue weighted by Gasteiger charge is -2.45. The number of hydrogen-bond donors (Lipinski definition) is 2. The Bertz CT molecular complexity index is 352. The van der Waals surface area contributed by atoms with Crippen molar-refractivity contribution < 1.29 is 19.7 Å². The van der Waals surface area contributed by atoms with Gasteiger partial charge in [-0.25, -0.2) is 0 Å². The van der Waals surface area contributed by atoms with E-state index in [4.69, 9.17) is 4.74 Å². The van der Waals surface area contributed by atoms with Crippen molar-refractivity contribution >= 4 is 5.97 Å². The van der Waals surface area contributed by atoms with Gasteiger partial charge in [0.05, 0.1) is 7.11 Å². The van der Waals surface area contributed by atoms with E-state index in [0.29, 0.717) is 6.42 Å². The predicted octanol–water partition coefficient (Wildman–Crippen LogP) is 0.979. The van der Waals surface area contributed by atoms with Gasteiger partial charge in [-0.1, -0.05) is 26.0 Å². The van der Waals surface area contributed by atoms with Crippen molar-refractivity contribution in [2.24, 2.45) is 28.6 Å². The molecule has 0 aromatic rings. The van der Waals surface area contributed by atoms with Gasteiger partial charge >= 0.3 is 5.97 Å². The lowest BCUT2D eigenvalue weighted by atomic mass is 9.60. The van der Waals surface area contributed by atoms with Crippen LogP contribution in [0, 0.1) is 28.6 Å². The summed E-state index contributed by atoms with van der Waals surface area (Å²) in [5.74, 6) is 0.167. The molecule has 0 radical (unpaired) electrons. The molecular weight excluding hydrogens is 232 g/mol. The highest BCUT2D eigenvalue weighted by Gasteiger charge is 2.64. The minimum absolute atomic E-state index is 0.0211. The molecule has 18 heavy (non-hydrogen) atoms. The van der Waals surface area contributed by atoms with E-state index >= 15 is 0 Å². The highest BCUT2D eigenvalue weighted by molar-refractivity contribution is 5.70. The second kappa shape index (κ2) is 4.35. The Hall–Kier alpha value is -0.870. The Balaban J connectivity index is 2.33. The van der Waals surface area contributed by atoms with Crippen molar-refractivity contribution in [2.75, 3.05) is 20.3 Å². The molecule has 4 unspecified atom stereocenters. The van der Waals surface area contributed by atoms with E-state index in [1.54, 1.807) is 0 Å². The van der Waals surface area contributed by atoms with Crippen molar-refractivity contribution in [3.05, 3.63) is 12.2 Å². The van der Waals surface area contributed by atoms with Crippen LogP contribution < -0.4 is 0 Å². The summed E-state index contributed by atoms with van der Waals surface area (Å²) in [5.41, 5.74) is -0.750. The maximum absolute atomic E-state index is 11.5. The number of esters is 1. The topological polar surface area (TPSA) is 66.8 Å². The minimum Gasteiger partial charge on any atom is -0.469 e.